The molecule has 0 saturated heterocycles. The van der Waals surface area contributed by atoms with Crippen LogP contribution >= 0.6 is 0 Å². The van der Waals surface area contributed by atoms with E-state index in [4.69, 9.17) is 4.74 Å². The van der Waals surface area contributed by atoms with Crippen LogP contribution in [0.1, 0.15) is 15.9 Å². The van der Waals surface area contributed by atoms with Crippen molar-refractivity contribution in [2.75, 3.05) is 7.11 Å². The van der Waals surface area contributed by atoms with Crippen molar-refractivity contribution in [1.29, 1.82) is 0 Å². The lowest BCUT2D eigenvalue weighted by Gasteiger charge is -2.08. The van der Waals surface area contributed by atoms with E-state index in [9.17, 15) is 25.2 Å². The van der Waals surface area contributed by atoms with Gasteiger partial charge in [0.05, 0.1) is 7.11 Å². The molecule has 22 heavy (non-hydrogen) atoms. The van der Waals surface area contributed by atoms with Gasteiger partial charge in [-0.3, -0.25) is 4.79 Å². The molecule has 0 aliphatic heterocycles. The largest absolute Gasteiger partial charge is 0.504 e. The summed E-state index contributed by atoms with van der Waals surface area (Å²) in [6, 6.07) is 6.48. The van der Waals surface area contributed by atoms with Crippen LogP contribution in [0, 0.1) is 0 Å². The highest BCUT2D eigenvalue weighted by Gasteiger charge is 2.12. The lowest BCUT2D eigenvalue weighted by molar-refractivity contribution is 0.104. The molecule has 0 atom stereocenters. The number of ketones is 1. The monoisotopic (exact) mass is 302 g/mol. The highest BCUT2D eigenvalue weighted by atomic mass is 16.5. The molecule has 0 aliphatic rings. The Kier molecular flexibility index (Phi) is 4.22. The fourth-order valence-electron chi connectivity index (χ4n) is 1.86. The Morgan fingerprint density at radius 2 is 1.68 bits per heavy atom. The van der Waals surface area contributed by atoms with Gasteiger partial charge in [-0.2, -0.15) is 0 Å². The third-order valence-electron chi connectivity index (χ3n) is 3.02. The van der Waals surface area contributed by atoms with Crippen LogP contribution in [-0.4, -0.2) is 33.3 Å². The maximum absolute atomic E-state index is 12.0. The third-order valence-corrected chi connectivity index (χ3v) is 3.02. The fraction of sp³-hybridized carbons (Fsp3) is 0.0625. The molecular formula is C16H14O6. The van der Waals surface area contributed by atoms with E-state index in [-0.39, 0.29) is 28.6 Å². The molecule has 0 amide bonds. The van der Waals surface area contributed by atoms with Gasteiger partial charge in [0, 0.05) is 11.1 Å². The lowest BCUT2D eigenvalue weighted by Crippen LogP contribution is -1.94. The van der Waals surface area contributed by atoms with Crippen molar-refractivity contribution in [3.05, 3.63) is 47.5 Å². The summed E-state index contributed by atoms with van der Waals surface area (Å²) in [5, 5.41) is 37.7. The maximum Gasteiger partial charge on any atom is 0.201 e. The van der Waals surface area contributed by atoms with E-state index in [2.05, 4.69) is 0 Å². The summed E-state index contributed by atoms with van der Waals surface area (Å²) in [4.78, 5) is 12.0. The minimum Gasteiger partial charge on any atom is -0.504 e. The molecular weight excluding hydrogens is 288 g/mol. The topological polar surface area (TPSA) is 107 Å². The first kappa shape index (κ1) is 15.2. The molecule has 0 unspecified atom stereocenters. The Morgan fingerprint density at radius 3 is 2.32 bits per heavy atom. The molecule has 0 saturated carbocycles. The molecule has 0 fully saturated rings. The van der Waals surface area contributed by atoms with Gasteiger partial charge in [-0.25, -0.2) is 0 Å². The molecule has 0 aliphatic carbocycles. The molecule has 0 heterocycles. The number of carbonyl (C=O) groups is 1. The number of allylic oxidation sites excluding steroid dienone is 1. The first-order chi connectivity index (χ1) is 10.4. The normalized spacial score (nSPS) is 10.8. The van der Waals surface area contributed by atoms with E-state index in [0.717, 1.165) is 6.07 Å². The number of hydrogen-bond donors (Lipinski definition) is 4. The fourth-order valence-corrected chi connectivity index (χ4v) is 1.86. The van der Waals surface area contributed by atoms with Gasteiger partial charge in [-0.1, -0.05) is 0 Å². The zero-order chi connectivity index (χ0) is 16.3. The summed E-state index contributed by atoms with van der Waals surface area (Å²) in [5.41, 5.74) is 0.586. The summed E-state index contributed by atoms with van der Waals surface area (Å²) >= 11 is 0. The Bertz CT molecular complexity index is 749. The molecule has 4 N–H and O–H groups in total. The average Bonchev–Trinajstić information content (AvgIpc) is 2.50. The van der Waals surface area contributed by atoms with Gasteiger partial charge in [0.15, 0.2) is 28.8 Å². The lowest BCUT2D eigenvalue weighted by atomic mass is 10.1. The number of phenolic OH excluding ortho intramolecular Hbond substituents is 4. The van der Waals surface area contributed by atoms with Crippen molar-refractivity contribution in [2.45, 2.75) is 0 Å². The van der Waals surface area contributed by atoms with Gasteiger partial charge in [-0.15, -0.1) is 0 Å². The van der Waals surface area contributed by atoms with Crippen molar-refractivity contribution in [1.82, 2.24) is 0 Å². The Morgan fingerprint density at radius 1 is 1.00 bits per heavy atom. The molecule has 0 radical (unpaired) electrons. The van der Waals surface area contributed by atoms with Gasteiger partial charge >= 0.3 is 0 Å². The summed E-state index contributed by atoms with van der Waals surface area (Å²) in [5.74, 6) is -1.82. The maximum atomic E-state index is 12.0. The summed E-state index contributed by atoms with van der Waals surface area (Å²) in [6.07, 6.45) is 2.63. The van der Waals surface area contributed by atoms with Crippen LogP contribution in [0.4, 0.5) is 0 Å². The van der Waals surface area contributed by atoms with Gasteiger partial charge in [-0.05, 0) is 42.5 Å². The number of benzene rings is 2. The van der Waals surface area contributed by atoms with E-state index in [1.54, 1.807) is 0 Å². The zero-order valence-corrected chi connectivity index (χ0v) is 11.6. The number of aromatic hydroxyl groups is 4. The zero-order valence-electron chi connectivity index (χ0n) is 11.6. The van der Waals surface area contributed by atoms with Crippen molar-refractivity contribution in [2.24, 2.45) is 0 Å². The summed E-state index contributed by atoms with van der Waals surface area (Å²) in [7, 11) is 1.33. The van der Waals surface area contributed by atoms with Crippen molar-refractivity contribution < 1.29 is 30.0 Å². The number of phenols is 4. The quantitative estimate of drug-likeness (QED) is 0.392. The summed E-state index contributed by atoms with van der Waals surface area (Å²) in [6.45, 7) is 0. The minimum absolute atomic E-state index is 0.0394. The predicted octanol–water partition coefficient (Wildman–Crippen LogP) is 2.41. The second-order valence-electron chi connectivity index (χ2n) is 4.46. The second kappa shape index (κ2) is 6.09. The molecule has 2 rings (SSSR count). The van der Waals surface area contributed by atoms with Gasteiger partial charge in [0.1, 0.15) is 0 Å². The van der Waals surface area contributed by atoms with Crippen molar-refractivity contribution >= 4 is 11.9 Å². The van der Waals surface area contributed by atoms with Crippen LogP contribution in [-0.2, 0) is 0 Å². The Labute approximate surface area is 126 Å². The standard InChI is InChI=1S/C16H14O6/c1-22-16-9(3-7-13(19)15(16)21)2-5-11(17)10-4-6-12(18)14(20)8-10/h2-8,18-21H,1H3/b5-2+. The van der Waals surface area contributed by atoms with Gasteiger partial charge in [0.2, 0.25) is 5.75 Å². The number of ether oxygens (including phenoxy) is 1. The first-order valence-electron chi connectivity index (χ1n) is 6.27. The predicted molar refractivity (Wildman–Crippen MR) is 79.5 cm³/mol. The van der Waals surface area contributed by atoms with E-state index >= 15 is 0 Å². The van der Waals surface area contributed by atoms with Crippen LogP contribution in [0.25, 0.3) is 6.08 Å². The second-order valence-corrected chi connectivity index (χ2v) is 4.46. The van der Waals surface area contributed by atoms with Crippen LogP contribution in [0.5, 0.6) is 28.7 Å². The van der Waals surface area contributed by atoms with Crippen LogP contribution < -0.4 is 4.74 Å². The molecule has 0 bridgehead atoms. The van der Waals surface area contributed by atoms with Gasteiger partial charge in [0.25, 0.3) is 0 Å². The number of hydrogen-bond acceptors (Lipinski definition) is 6. The highest BCUT2D eigenvalue weighted by Crippen LogP contribution is 2.38. The molecule has 0 spiro atoms. The summed E-state index contributed by atoms with van der Waals surface area (Å²) < 4.78 is 4.98. The number of carbonyl (C=O) groups excluding carboxylic acids is 1. The number of rotatable bonds is 4. The molecule has 114 valence electrons. The van der Waals surface area contributed by atoms with Crippen molar-refractivity contribution in [3.8, 4) is 28.7 Å². The van der Waals surface area contributed by atoms with E-state index in [1.807, 2.05) is 0 Å². The molecule has 0 aromatic heterocycles. The third kappa shape index (κ3) is 2.95. The first-order valence-corrected chi connectivity index (χ1v) is 6.27. The molecule has 6 nitrogen and oxygen atoms in total. The van der Waals surface area contributed by atoms with E-state index < -0.39 is 11.5 Å². The Hall–Kier alpha value is -3.15. The average molecular weight is 302 g/mol. The minimum atomic E-state index is -0.417. The Balaban J connectivity index is 2.30. The van der Waals surface area contributed by atoms with Crippen LogP contribution in [0.15, 0.2) is 36.4 Å². The van der Waals surface area contributed by atoms with Crippen LogP contribution in [0.2, 0.25) is 0 Å². The van der Waals surface area contributed by atoms with Crippen LogP contribution in [0.3, 0.4) is 0 Å². The molecule has 6 heteroatoms. The van der Waals surface area contributed by atoms with E-state index in [1.165, 1.54) is 43.5 Å². The van der Waals surface area contributed by atoms with Gasteiger partial charge < -0.3 is 25.2 Å². The number of methoxy groups -OCH3 is 1. The highest BCUT2D eigenvalue weighted by molar-refractivity contribution is 6.07. The smallest absolute Gasteiger partial charge is 0.201 e. The van der Waals surface area contributed by atoms with Crippen molar-refractivity contribution in [3.63, 3.8) is 0 Å². The van der Waals surface area contributed by atoms with E-state index in [0.29, 0.717) is 5.56 Å². The SMILES string of the molecule is COc1c(/C=C/C(=O)c2ccc(O)c(O)c2)ccc(O)c1O. The molecule has 2 aromatic rings. The molecule has 2 aromatic carbocycles.